The first kappa shape index (κ1) is 15.1. The Labute approximate surface area is 118 Å². The number of nitrogens with one attached hydrogen (secondary N) is 1. The van der Waals surface area contributed by atoms with Crippen LogP contribution in [0.1, 0.15) is 25.5 Å². The third-order valence-corrected chi connectivity index (χ3v) is 2.69. The van der Waals surface area contributed by atoms with Crippen LogP contribution in [0.5, 0.6) is 5.75 Å². The second-order valence-corrected chi connectivity index (χ2v) is 4.75. The van der Waals surface area contributed by atoms with E-state index in [4.69, 9.17) is 0 Å². The Balaban J connectivity index is 2.43. The van der Waals surface area contributed by atoms with Crippen LogP contribution in [-0.4, -0.2) is 16.3 Å². The molecule has 1 aromatic carbocycles. The van der Waals surface area contributed by atoms with Gasteiger partial charge in [0.2, 0.25) is 0 Å². The lowest BCUT2D eigenvalue weighted by molar-refractivity contribution is -0.274. The van der Waals surface area contributed by atoms with Crippen molar-refractivity contribution in [3.63, 3.8) is 0 Å². The third kappa shape index (κ3) is 4.08. The summed E-state index contributed by atoms with van der Waals surface area (Å²) in [5.41, 5.74) is 0.554. The minimum absolute atomic E-state index is 0.0284. The maximum absolute atomic E-state index is 12.2. The Hall–Kier alpha value is -2.31. The second-order valence-electron chi connectivity index (χ2n) is 4.75. The van der Waals surface area contributed by atoms with Crippen LogP contribution < -0.4 is 10.3 Å². The predicted octanol–water partition coefficient (Wildman–Crippen LogP) is 3.46. The molecule has 2 rings (SSSR count). The Morgan fingerprint density at radius 2 is 1.95 bits per heavy atom. The second kappa shape index (κ2) is 5.59. The number of H-pyrrole nitrogens is 1. The van der Waals surface area contributed by atoms with Crippen molar-refractivity contribution in [2.75, 3.05) is 0 Å². The number of alkyl halides is 3. The average molecular weight is 298 g/mol. The van der Waals surface area contributed by atoms with Crippen molar-refractivity contribution < 1.29 is 17.9 Å². The summed E-state index contributed by atoms with van der Waals surface area (Å²) in [7, 11) is 0. The molecule has 0 radical (unpaired) electrons. The molecular formula is C14H13F3N2O2. The van der Waals surface area contributed by atoms with E-state index in [9.17, 15) is 18.0 Å². The number of hydrogen-bond donors (Lipinski definition) is 1. The van der Waals surface area contributed by atoms with Gasteiger partial charge in [0.15, 0.2) is 0 Å². The van der Waals surface area contributed by atoms with Gasteiger partial charge in [0.05, 0.1) is 5.69 Å². The van der Waals surface area contributed by atoms with Crippen molar-refractivity contribution in [3.05, 3.63) is 46.4 Å². The van der Waals surface area contributed by atoms with Crippen molar-refractivity contribution in [1.29, 1.82) is 0 Å². The van der Waals surface area contributed by atoms with Crippen LogP contribution in [0.4, 0.5) is 13.2 Å². The normalized spacial score (nSPS) is 11.7. The lowest BCUT2D eigenvalue weighted by Gasteiger charge is -2.10. The summed E-state index contributed by atoms with van der Waals surface area (Å²) in [6.45, 7) is 3.74. The summed E-state index contributed by atoms with van der Waals surface area (Å²) >= 11 is 0. The third-order valence-electron chi connectivity index (χ3n) is 2.69. The van der Waals surface area contributed by atoms with Gasteiger partial charge in [-0.25, -0.2) is 4.98 Å². The molecule has 7 heteroatoms. The monoisotopic (exact) mass is 298 g/mol. The SMILES string of the molecule is CC(C)c1cc(=O)[nH]c(-c2cccc(OC(F)(F)F)c2)n1. The van der Waals surface area contributed by atoms with Gasteiger partial charge in [-0.15, -0.1) is 13.2 Å². The fourth-order valence-electron chi connectivity index (χ4n) is 1.75. The van der Waals surface area contributed by atoms with Gasteiger partial charge in [-0.1, -0.05) is 26.0 Å². The molecule has 0 saturated carbocycles. The summed E-state index contributed by atoms with van der Waals surface area (Å²) in [6.07, 6.45) is -4.76. The summed E-state index contributed by atoms with van der Waals surface area (Å²) in [5, 5.41) is 0. The summed E-state index contributed by atoms with van der Waals surface area (Å²) in [4.78, 5) is 18.3. The zero-order valence-electron chi connectivity index (χ0n) is 11.4. The number of halogens is 3. The largest absolute Gasteiger partial charge is 0.573 e. The zero-order chi connectivity index (χ0) is 15.6. The van der Waals surface area contributed by atoms with E-state index in [2.05, 4.69) is 14.7 Å². The Bertz CT molecular complexity index is 693. The molecule has 4 nitrogen and oxygen atoms in total. The van der Waals surface area contributed by atoms with Crippen LogP contribution in [0.15, 0.2) is 35.1 Å². The van der Waals surface area contributed by atoms with Crippen LogP contribution in [-0.2, 0) is 0 Å². The molecule has 0 aliphatic heterocycles. The standard InChI is InChI=1S/C14H13F3N2O2/c1-8(2)11-7-12(20)19-13(18-11)9-4-3-5-10(6-9)21-14(15,16)17/h3-8H,1-2H3,(H,18,19,20). The van der Waals surface area contributed by atoms with Crippen LogP contribution in [0.25, 0.3) is 11.4 Å². The number of aromatic nitrogens is 2. The minimum Gasteiger partial charge on any atom is -0.406 e. The lowest BCUT2D eigenvalue weighted by Crippen LogP contribution is -2.17. The quantitative estimate of drug-likeness (QED) is 0.944. The van der Waals surface area contributed by atoms with Gasteiger partial charge < -0.3 is 9.72 Å². The maximum atomic E-state index is 12.2. The molecule has 2 aromatic rings. The fourth-order valence-corrected chi connectivity index (χ4v) is 1.75. The van der Waals surface area contributed by atoms with Crippen molar-refractivity contribution in [2.45, 2.75) is 26.1 Å². The highest BCUT2D eigenvalue weighted by Crippen LogP contribution is 2.26. The highest BCUT2D eigenvalue weighted by atomic mass is 19.4. The molecule has 0 amide bonds. The first-order valence-corrected chi connectivity index (χ1v) is 6.22. The van der Waals surface area contributed by atoms with E-state index >= 15 is 0 Å². The molecule has 0 atom stereocenters. The number of rotatable bonds is 3. The summed E-state index contributed by atoms with van der Waals surface area (Å²) in [6, 6.07) is 6.67. The zero-order valence-corrected chi connectivity index (χ0v) is 11.4. The van der Waals surface area contributed by atoms with Gasteiger partial charge in [-0.05, 0) is 18.1 Å². The molecule has 1 heterocycles. The molecule has 21 heavy (non-hydrogen) atoms. The van der Waals surface area contributed by atoms with Crippen molar-refractivity contribution in [2.24, 2.45) is 0 Å². The van der Waals surface area contributed by atoms with Crippen molar-refractivity contribution >= 4 is 0 Å². The lowest BCUT2D eigenvalue weighted by atomic mass is 10.1. The fraction of sp³-hybridized carbons (Fsp3) is 0.286. The number of nitrogens with zero attached hydrogens (tertiary/aromatic N) is 1. The van der Waals surface area contributed by atoms with Crippen LogP contribution in [0.2, 0.25) is 0 Å². The smallest absolute Gasteiger partial charge is 0.406 e. The van der Waals surface area contributed by atoms with Crippen molar-refractivity contribution in [3.8, 4) is 17.1 Å². The van der Waals surface area contributed by atoms with Gasteiger partial charge >= 0.3 is 6.36 Å². The van der Waals surface area contributed by atoms with E-state index in [1.165, 1.54) is 24.3 Å². The van der Waals surface area contributed by atoms with E-state index in [0.717, 1.165) is 0 Å². The molecule has 0 aliphatic rings. The topological polar surface area (TPSA) is 55.0 Å². The first-order chi connectivity index (χ1) is 9.74. The Morgan fingerprint density at radius 3 is 2.57 bits per heavy atom. The summed E-state index contributed by atoms with van der Waals surface area (Å²) in [5.74, 6) is -0.128. The van der Waals surface area contributed by atoms with Crippen molar-refractivity contribution in [1.82, 2.24) is 9.97 Å². The van der Waals surface area contributed by atoms with Gasteiger partial charge in [0.1, 0.15) is 11.6 Å². The highest BCUT2D eigenvalue weighted by Gasteiger charge is 2.31. The number of ether oxygens (including phenoxy) is 1. The number of hydrogen-bond acceptors (Lipinski definition) is 3. The van der Waals surface area contributed by atoms with E-state index in [-0.39, 0.29) is 23.1 Å². The molecule has 0 fully saturated rings. The van der Waals surface area contributed by atoms with Crippen LogP contribution in [0.3, 0.4) is 0 Å². The molecule has 0 bridgehead atoms. The molecule has 0 unspecified atom stereocenters. The average Bonchev–Trinajstić information content (AvgIpc) is 2.36. The van der Waals surface area contributed by atoms with Crippen LogP contribution in [0, 0.1) is 0 Å². The first-order valence-electron chi connectivity index (χ1n) is 6.22. The molecule has 0 spiro atoms. The molecular weight excluding hydrogens is 285 g/mol. The van der Waals surface area contributed by atoms with Gasteiger partial charge in [0.25, 0.3) is 5.56 Å². The molecule has 112 valence electrons. The Morgan fingerprint density at radius 1 is 1.24 bits per heavy atom. The van der Waals surface area contributed by atoms with Crippen LogP contribution >= 0.6 is 0 Å². The molecule has 0 saturated heterocycles. The maximum Gasteiger partial charge on any atom is 0.573 e. The van der Waals surface area contributed by atoms with E-state index < -0.39 is 6.36 Å². The van der Waals surface area contributed by atoms with Gasteiger partial charge in [0, 0.05) is 11.6 Å². The summed E-state index contributed by atoms with van der Waals surface area (Å²) < 4.78 is 40.5. The van der Waals surface area contributed by atoms with E-state index in [0.29, 0.717) is 11.3 Å². The predicted molar refractivity (Wildman–Crippen MR) is 71.1 cm³/mol. The Kier molecular flexibility index (Phi) is 4.02. The van der Waals surface area contributed by atoms with Gasteiger partial charge in [-0.2, -0.15) is 0 Å². The van der Waals surface area contributed by atoms with E-state index in [1.807, 2.05) is 13.8 Å². The molecule has 1 aromatic heterocycles. The number of benzene rings is 1. The molecule has 1 N–H and O–H groups in total. The minimum atomic E-state index is -4.76. The molecule has 0 aliphatic carbocycles. The van der Waals surface area contributed by atoms with Gasteiger partial charge in [-0.3, -0.25) is 4.79 Å². The highest BCUT2D eigenvalue weighted by molar-refractivity contribution is 5.57. The van der Waals surface area contributed by atoms with E-state index in [1.54, 1.807) is 6.07 Å². The number of aromatic amines is 1.